The van der Waals surface area contributed by atoms with Crippen molar-refractivity contribution in [2.24, 2.45) is 11.3 Å². The number of amides is 1. The molecule has 0 saturated carbocycles. The summed E-state index contributed by atoms with van der Waals surface area (Å²) in [7, 11) is 2.20. The van der Waals surface area contributed by atoms with E-state index in [4.69, 9.17) is 9.84 Å². The number of hydrogen-bond acceptors (Lipinski definition) is 4. The van der Waals surface area contributed by atoms with Gasteiger partial charge in [0.05, 0.1) is 17.6 Å². The van der Waals surface area contributed by atoms with Crippen LogP contribution in [0.25, 0.3) is 10.9 Å². The molecule has 2 saturated heterocycles. The lowest BCUT2D eigenvalue weighted by Gasteiger charge is -2.40. The largest absolute Gasteiger partial charge is 0.444 e. The van der Waals surface area contributed by atoms with Gasteiger partial charge in [0.25, 0.3) is 0 Å². The molecule has 2 aromatic rings. The summed E-state index contributed by atoms with van der Waals surface area (Å²) >= 11 is 0. The maximum absolute atomic E-state index is 13.0. The molecule has 1 amide bonds. The van der Waals surface area contributed by atoms with Crippen LogP contribution in [0.3, 0.4) is 0 Å². The van der Waals surface area contributed by atoms with Gasteiger partial charge >= 0.3 is 6.09 Å². The molecule has 0 aliphatic carbocycles. The molecule has 0 unspecified atom stereocenters. The second kappa shape index (κ2) is 8.36. The molecule has 4 rings (SSSR count). The van der Waals surface area contributed by atoms with Crippen LogP contribution in [0.5, 0.6) is 0 Å². The minimum atomic E-state index is -0.494. The zero-order valence-corrected chi connectivity index (χ0v) is 20.9. The Morgan fingerprint density at radius 3 is 2.62 bits per heavy atom. The molecule has 0 radical (unpaired) electrons. The van der Waals surface area contributed by atoms with E-state index in [0.29, 0.717) is 12.0 Å². The normalized spacial score (nSPS) is 27.0. The van der Waals surface area contributed by atoms with Gasteiger partial charge in [-0.15, -0.1) is 0 Å². The number of aromatic nitrogens is 2. The number of ether oxygens (including phenoxy) is 1. The number of likely N-dealkylation sites (tertiary alicyclic amines) is 2. The molecule has 32 heavy (non-hydrogen) atoms. The highest BCUT2D eigenvalue weighted by atomic mass is 16.6. The highest BCUT2D eigenvalue weighted by Crippen LogP contribution is 2.37. The van der Waals surface area contributed by atoms with Gasteiger partial charge in [-0.2, -0.15) is 5.10 Å². The van der Waals surface area contributed by atoms with E-state index in [1.165, 1.54) is 0 Å². The highest BCUT2D eigenvalue weighted by Gasteiger charge is 2.35. The fourth-order valence-corrected chi connectivity index (χ4v) is 5.57. The van der Waals surface area contributed by atoms with Crippen molar-refractivity contribution in [2.75, 3.05) is 26.7 Å². The summed E-state index contributed by atoms with van der Waals surface area (Å²) in [5.41, 5.74) is 1.96. The Labute approximate surface area is 192 Å². The highest BCUT2D eigenvalue weighted by molar-refractivity contribution is 5.79. The maximum atomic E-state index is 13.0. The maximum Gasteiger partial charge on any atom is 0.410 e. The van der Waals surface area contributed by atoms with Crippen LogP contribution in [0.15, 0.2) is 24.4 Å². The van der Waals surface area contributed by atoms with Gasteiger partial charge in [-0.3, -0.25) is 4.68 Å². The Bertz CT molecular complexity index is 974. The van der Waals surface area contributed by atoms with Crippen molar-refractivity contribution in [3.05, 3.63) is 30.0 Å². The van der Waals surface area contributed by atoms with Gasteiger partial charge in [-0.05, 0) is 70.0 Å². The van der Waals surface area contributed by atoms with Crippen LogP contribution in [0.1, 0.15) is 78.5 Å². The summed E-state index contributed by atoms with van der Waals surface area (Å²) in [6.45, 7) is 15.5. The molecule has 2 aliphatic rings. The number of rotatable bonds is 2. The van der Waals surface area contributed by atoms with E-state index < -0.39 is 5.60 Å². The number of carbonyl (C=O) groups is 1. The van der Waals surface area contributed by atoms with Crippen molar-refractivity contribution in [2.45, 2.75) is 78.5 Å². The van der Waals surface area contributed by atoms with Gasteiger partial charge in [-0.25, -0.2) is 4.79 Å². The summed E-state index contributed by atoms with van der Waals surface area (Å²) in [6, 6.07) is 6.94. The second-order valence-corrected chi connectivity index (χ2v) is 12.0. The van der Waals surface area contributed by atoms with Gasteiger partial charge in [-0.1, -0.05) is 32.9 Å². The summed E-state index contributed by atoms with van der Waals surface area (Å²) in [5, 5.41) is 6.15. The van der Waals surface area contributed by atoms with Crippen LogP contribution in [0, 0.1) is 11.3 Å². The van der Waals surface area contributed by atoms with Crippen molar-refractivity contribution in [1.29, 1.82) is 0 Å². The van der Waals surface area contributed by atoms with Crippen LogP contribution in [0.2, 0.25) is 0 Å². The van der Waals surface area contributed by atoms with Crippen LogP contribution in [-0.4, -0.2) is 58.0 Å². The first-order valence-corrected chi connectivity index (χ1v) is 12.1. The summed E-state index contributed by atoms with van der Waals surface area (Å²) < 4.78 is 7.91. The van der Waals surface area contributed by atoms with Crippen LogP contribution >= 0.6 is 0 Å². The summed E-state index contributed by atoms with van der Waals surface area (Å²) in [5.74, 6) is 0.480. The van der Waals surface area contributed by atoms with Crippen LogP contribution < -0.4 is 0 Å². The quantitative estimate of drug-likeness (QED) is 0.606. The van der Waals surface area contributed by atoms with E-state index in [1.807, 2.05) is 25.7 Å². The first-order chi connectivity index (χ1) is 14.9. The molecule has 0 N–H and O–H groups in total. The first-order valence-electron chi connectivity index (χ1n) is 12.1. The lowest BCUT2D eigenvalue weighted by molar-refractivity contribution is 0.00365. The van der Waals surface area contributed by atoms with E-state index in [9.17, 15) is 4.79 Å². The molecule has 1 aromatic carbocycles. The molecular formula is C26H40N4O2. The zero-order valence-electron chi connectivity index (χ0n) is 20.9. The topological polar surface area (TPSA) is 50.6 Å². The van der Waals surface area contributed by atoms with Crippen LogP contribution in [0.4, 0.5) is 4.79 Å². The third-order valence-corrected chi connectivity index (χ3v) is 6.76. The molecule has 176 valence electrons. The van der Waals surface area contributed by atoms with Gasteiger partial charge < -0.3 is 14.5 Å². The smallest absolute Gasteiger partial charge is 0.410 e. The molecule has 6 heteroatoms. The van der Waals surface area contributed by atoms with E-state index in [-0.39, 0.29) is 17.6 Å². The lowest BCUT2D eigenvalue weighted by atomic mass is 9.82. The predicted molar refractivity (Wildman–Crippen MR) is 129 cm³/mol. The number of benzene rings is 1. The van der Waals surface area contributed by atoms with E-state index in [2.05, 4.69) is 61.8 Å². The number of piperidine rings is 2. The molecule has 6 nitrogen and oxygen atoms in total. The minimum Gasteiger partial charge on any atom is -0.444 e. The van der Waals surface area contributed by atoms with Gasteiger partial charge in [0.1, 0.15) is 5.60 Å². The molecule has 2 fully saturated rings. The molecule has 2 aliphatic heterocycles. The van der Waals surface area contributed by atoms with E-state index >= 15 is 0 Å². The second-order valence-electron chi connectivity index (χ2n) is 12.0. The number of carbonyl (C=O) groups excluding carboxylic acids is 1. The molecule has 0 bridgehead atoms. The third kappa shape index (κ3) is 5.11. The molecule has 0 spiro atoms. The van der Waals surface area contributed by atoms with E-state index in [1.54, 1.807) is 0 Å². The van der Waals surface area contributed by atoms with Crippen LogP contribution in [-0.2, 0) is 4.74 Å². The van der Waals surface area contributed by atoms with Crippen molar-refractivity contribution in [3.8, 4) is 0 Å². The van der Waals surface area contributed by atoms with Gasteiger partial charge in [0.2, 0.25) is 0 Å². The number of likely N-dealkylation sites (N-methyl/N-ethyl adjacent to an activating group) is 1. The average Bonchev–Trinajstić information content (AvgIpc) is 3.08. The Morgan fingerprint density at radius 1 is 1.19 bits per heavy atom. The van der Waals surface area contributed by atoms with Crippen molar-refractivity contribution in [3.63, 3.8) is 0 Å². The fourth-order valence-electron chi connectivity index (χ4n) is 5.57. The minimum absolute atomic E-state index is 0.0374. The number of hydrogen-bond donors (Lipinski definition) is 0. The number of fused-ring (bicyclic) bond motifs is 1. The Hall–Kier alpha value is -2.08. The van der Waals surface area contributed by atoms with E-state index in [0.717, 1.165) is 55.4 Å². The molecule has 3 heterocycles. The lowest BCUT2D eigenvalue weighted by Crippen LogP contribution is -2.44. The summed E-state index contributed by atoms with van der Waals surface area (Å²) in [6.07, 6.45) is 5.17. The molecular weight excluding hydrogens is 400 g/mol. The van der Waals surface area contributed by atoms with Gasteiger partial charge in [0.15, 0.2) is 0 Å². The fraction of sp³-hybridized carbons (Fsp3) is 0.692. The standard InChI is InChI=1S/C26H40N4O2/c1-18-8-11-23(29(14-18)24(31)32-25(2,3)4)19-9-10-20-15-30(27-22(20)12-19)21-13-26(5,6)17-28(7)16-21/h9-10,12,15,18,21,23H,8,11,13-14,16-17H2,1-7H3/t18-,21+,23+/m0/s1. The zero-order chi connectivity index (χ0) is 23.3. The first kappa shape index (κ1) is 23.1. The molecule has 3 atom stereocenters. The van der Waals surface area contributed by atoms with Gasteiger partial charge in [0, 0.05) is 31.2 Å². The number of nitrogens with zero attached hydrogens (tertiary/aromatic N) is 4. The molecule has 1 aromatic heterocycles. The Balaban J connectivity index is 1.60. The Morgan fingerprint density at radius 2 is 1.94 bits per heavy atom. The third-order valence-electron chi connectivity index (χ3n) is 6.76. The van der Waals surface area contributed by atoms with Crippen molar-refractivity contribution < 1.29 is 9.53 Å². The Kier molecular flexibility index (Phi) is 6.03. The van der Waals surface area contributed by atoms with Crippen molar-refractivity contribution in [1.82, 2.24) is 19.6 Å². The van der Waals surface area contributed by atoms with Crippen molar-refractivity contribution >= 4 is 17.0 Å². The SMILES string of the molecule is C[C@H]1CC[C@H](c2ccc3cn([C@H]4CN(C)CC(C)(C)C4)nc3c2)N(C(=O)OC(C)(C)C)C1. The average molecular weight is 441 g/mol. The monoisotopic (exact) mass is 440 g/mol. The predicted octanol–water partition coefficient (Wildman–Crippen LogP) is 5.65. The summed E-state index contributed by atoms with van der Waals surface area (Å²) in [4.78, 5) is 17.3.